The highest BCUT2D eigenvalue weighted by atomic mass is 32.2. The fourth-order valence-corrected chi connectivity index (χ4v) is 4.02. The molecule has 1 heterocycles. The second-order valence-electron chi connectivity index (χ2n) is 7.11. The minimum absolute atomic E-state index is 0.125. The number of alkyl halides is 3. The molecule has 0 aliphatic heterocycles. The standard InChI is InChI=1S/C21H15F4N3O6S/c1-11(29)10-34-15-5-3-4-6-16(15)35-17-8-13(12(22)7-14(17)28(32)33)27-19(30)9-18(21(23,24)25)26(2)20(27)31/h3-9H,10H2,1-2H3. The summed E-state index contributed by atoms with van der Waals surface area (Å²) in [7, 11) is 0.753. The van der Waals surface area contributed by atoms with Gasteiger partial charge < -0.3 is 4.74 Å². The third kappa shape index (κ3) is 5.42. The van der Waals surface area contributed by atoms with Gasteiger partial charge in [-0.3, -0.25) is 24.3 Å². The summed E-state index contributed by atoms with van der Waals surface area (Å²) in [6.07, 6.45) is -5.02. The fourth-order valence-electron chi connectivity index (χ4n) is 3.00. The van der Waals surface area contributed by atoms with Crippen molar-refractivity contribution in [2.24, 2.45) is 7.05 Å². The predicted molar refractivity (Wildman–Crippen MR) is 116 cm³/mol. The Hall–Kier alpha value is -3.94. The van der Waals surface area contributed by atoms with E-state index in [1.165, 1.54) is 19.1 Å². The average Bonchev–Trinajstić information content (AvgIpc) is 2.76. The summed E-state index contributed by atoms with van der Waals surface area (Å²) in [6.45, 7) is 1.00. The molecule has 0 atom stereocenters. The predicted octanol–water partition coefficient (Wildman–Crippen LogP) is 3.72. The number of carbonyl (C=O) groups is 1. The number of para-hydroxylation sites is 1. The lowest BCUT2D eigenvalue weighted by atomic mass is 10.2. The van der Waals surface area contributed by atoms with Crippen molar-refractivity contribution >= 4 is 23.2 Å². The van der Waals surface area contributed by atoms with Crippen LogP contribution >= 0.6 is 11.8 Å². The van der Waals surface area contributed by atoms with E-state index in [0.29, 0.717) is 17.8 Å². The number of nitro benzene ring substituents is 1. The number of hydrogen-bond acceptors (Lipinski definition) is 7. The maximum absolute atomic E-state index is 14.8. The zero-order valence-corrected chi connectivity index (χ0v) is 18.8. The Bertz CT molecular complexity index is 1450. The normalized spacial score (nSPS) is 11.4. The van der Waals surface area contributed by atoms with Crippen molar-refractivity contribution in [1.29, 1.82) is 0 Å². The second-order valence-corrected chi connectivity index (χ2v) is 8.19. The number of nitro groups is 1. The van der Waals surface area contributed by atoms with Crippen LogP contribution in [0.25, 0.3) is 5.69 Å². The average molecular weight is 513 g/mol. The molecule has 0 saturated carbocycles. The number of halogens is 4. The molecule has 1 aromatic heterocycles. The number of ether oxygens (including phenoxy) is 1. The number of aromatic nitrogens is 2. The fraction of sp³-hybridized carbons (Fsp3) is 0.190. The monoisotopic (exact) mass is 513 g/mol. The Balaban J connectivity index is 2.20. The molecule has 3 aromatic rings. The van der Waals surface area contributed by atoms with Gasteiger partial charge in [-0.25, -0.2) is 13.8 Å². The lowest BCUT2D eigenvalue weighted by molar-refractivity contribution is -0.387. The molecule has 0 spiro atoms. The molecule has 9 nitrogen and oxygen atoms in total. The van der Waals surface area contributed by atoms with Crippen molar-refractivity contribution in [3.63, 3.8) is 0 Å². The first kappa shape index (κ1) is 25.7. The molecule has 0 fully saturated rings. The van der Waals surface area contributed by atoms with E-state index in [9.17, 15) is 42.1 Å². The van der Waals surface area contributed by atoms with Crippen LogP contribution in [0.3, 0.4) is 0 Å². The number of Topliss-reactive ketones (excluding diaryl/α,β-unsaturated/α-hetero) is 1. The first-order chi connectivity index (χ1) is 16.3. The third-order valence-corrected chi connectivity index (χ3v) is 5.68. The van der Waals surface area contributed by atoms with Crippen LogP contribution in [0.1, 0.15) is 12.6 Å². The van der Waals surface area contributed by atoms with Gasteiger partial charge in [0.25, 0.3) is 11.2 Å². The Morgan fingerprint density at radius 1 is 1.14 bits per heavy atom. The Morgan fingerprint density at radius 2 is 1.80 bits per heavy atom. The van der Waals surface area contributed by atoms with E-state index in [2.05, 4.69) is 0 Å². The summed E-state index contributed by atoms with van der Waals surface area (Å²) in [5.41, 5.74) is -6.03. The first-order valence-corrected chi connectivity index (χ1v) is 10.4. The van der Waals surface area contributed by atoms with E-state index >= 15 is 0 Å². The van der Waals surface area contributed by atoms with Gasteiger partial charge in [0.05, 0.1) is 26.5 Å². The Labute approximate surface area is 197 Å². The van der Waals surface area contributed by atoms with Gasteiger partial charge >= 0.3 is 11.9 Å². The largest absolute Gasteiger partial charge is 0.485 e. The van der Waals surface area contributed by atoms with Crippen LogP contribution in [0.15, 0.2) is 61.8 Å². The summed E-state index contributed by atoms with van der Waals surface area (Å²) < 4.78 is 59.9. The minimum Gasteiger partial charge on any atom is -0.485 e. The van der Waals surface area contributed by atoms with Gasteiger partial charge in [0.1, 0.15) is 18.1 Å². The number of ketones is 1. The lowest BCUT2D eigenvalue weighted by Crippen LogP contribution is -2.41. The molecule has 0 N–H and O–H groups in total. The number of benzene rings is 2. The third-order valence-electron chi connectivity index (χ3n) is 4.58. The van der Waals surface area contributed by atoms with Gasteiger partial charge in [-0.15, -0.1) is 0 Å². The first-order valence-electron chi connectivity index (χ1n) is 9.59. The van der Waals surface area contributed by atoms with Crippen LogP contribution in [-0.4, -0.2) is 26.4 Å². The van der Waals surface area contributed by atoms with E-state index in [1.807, 2.05) is 0 Å². The van der Waals surface area contributed by atoms with Gasteiger partial charge in [-0.05, 0) is 25.1 Å². The molecule has 35 heavy (non-hydrogen) atoms. The van der Waals surface area contributed by atoms with Crippen LogP contribution in [0, 0.1) is 15.9 Å². The van der Waals surface area contributed by atoms with Crippen LogP contribution in [-0.2, 0) is 18.0 Å². The highest BCUT2D eigenvalue weighted by Gasteiger charge is 2.35. The van der Waals surface area contributed by atoms with Crippen molar-refractivity contribution in [2.45, 2.75) is 22.9 Å². The summed E-state index contributed by atoms with van der Waals surface area (Å²) in [5, 5.41) is 11.5. The number of nitrogens with zero attached hydrogens (tertiary/aromatic N) is 3. The zero-order chi connectivity index (χ0) is 26.1. The molecule has 14 heteroatoms. The maximum atomic E-state index is 14.8. The highest BCUT2D eigenvalue weighted by molar-refractivity contribution is 7.99. The molecule has 0 saturated heterocycles. The molecule has 0 aliphatic carbocycles. The van der Waals surface area contributed by atoms with Crippen molar-refractivity contribution in [3.05, 3.63) is 84.9 Å². The number of hydrogen-bond donors (Lipinski definition) is 0. The van der Waals surface area contributed by atoms with Gasteiger partial charge in [0.2, 0.25) is 0 Å². The maximum Gasteiger partial charge on any atom is 0.431 e. The number of carbonyl (C=O) groups excluding carboxylic acids is 1. The molecular formula is C21H15F4N3O6S. The van der Waals surface area contributed by atoms with Crippen molar-refractivity contribution in [1.82, 2.24) is 9.13 Å². The SMILES string of the molecule is CC(=O)COc1ccccc1Sc1cc(-n2c(=O)cc(C(F)(F)F)n(C)c2=O)c(F)cc1[N+](=O)[O-]. The quantitative estimate of drug-likeness (QED) is 0.269. The van der Waals surface area contributed by atoms with E-state index in [1.54, 1.807) is 12.1 Å². The topological polar surface area (TPSA) is 113 Å². The zero-order valence-electron chi connectivity index (χ0n) is 18.0. The van der Waals surface area contributed by atoms with Crippen molar-refractivity contribution in [3.8, 4) is 11.4 Å². The van der Waals surface area contributed by atoms with Gasteiger partial charge in [-0.1, -0.05) is 23.9 Å². The molecule has 0 amide bonds. The van der Waals surface area contributed by atoms with E-state index in [4.69, 9.17) is 4.74 Å². The molecule has 0 aliphatic rings. The summed E-state index contributed by atoms with van der Waals surface area (Å²) >= 11 is 0.713. The van der Waals surface area contributed by atoms with Gasteiger partial charge in [0.15, 0.2) is 11.6 Å². The Morgan fingerprint density at radius 3 is 2.40 bits per heavy atom. The van der Waals surface area contributed by atoms with Crippen LogP contribution in [0.4, 0.5) is 23.2 Å². The van der Waals surface area contributed by atoms with Crippen LogP contribution < -0.4 is 16.0 Å². The summed E-state index contributed by atoms with van der Waals surface area (Å²) in [6, 6.07) is 7.52. The minimum atomic E-state index is -5.02. The Kier molecular flexibility index (Phi) is 7.14. The van der Waals surface area contributed by atoms with Crippen molar-refractivity contribution in [2.75, 3.05) is 6.61 Å². The molecule has 0 bridgehead atoms. The van der Waals surface area contributed by atoms with E-state index < -0.39 is 45.2 Å². The molecule has 3 rings (SSSR count). The summed E-state index contributed by atoms with van der Waals surface area (Å²) in [4.78, 5) is 46.9. The van der Waals surface area contributed by atoms with Crippen molar-refractivity contribution < 1.29 is 32.0 Å². The second kappa shape index (κ2) is 9.74. The molecule has 0 radical (unpaired) electrons. The van der Waals surface area contributed by atoms with Crippen LogP contribution in [0.2, 0.25) is 0 Å². The van der Waals surface area contributed by atoms with Gasteiger partial charge in [0, 0.05) is 13.1 Å². The van der Waals surface area contributed by atoms with Gasteiger partial charge in [-0.2, -0.15) is 13.2 Å². The molecule has 184 valence electrons. The summed E-state index contributed by atoms with van der Waals surface area (Å²) in [5.74, 6) is -1.49. The highest BCUT2D eigenvalue weighted by Crippen LogP contribution is 2.41. The number of rotatable bonds is 7. The van der Waals surface area contributed by atoms with E-state index in [-0.39, 0.29) is 43.1 Å². The smallest absolute Gasteiger partial charge is 0.431 e. The van der Waals surface area contributed by atoms with E-state index in [0.717, 1.165) is 13.1 Å². The van der Waals surface area contributed by atoms with Crippen LogP contribution in [0.5, 0.6) is 5.75 Å². The molecule has 0 unspecified atom stereocenters. The molecular weight excluding hydrogens is 498 g/mol. The molecule has 2 aromatic carbocycles. The lowest BCUT2D eigenvalue weighted by Gasteiger charge is -2.15.